The summed E-state index contributed by atoms with van der Waals surface area (Å²) in [5.41, 5.74) is 6.99. The molecule has 0 aliphatic carbocycles. The van der Waals surface area contributed by atoms with E-state index in [9.17, 15) is 4.21 Å². The Morgan fingerprint density at radius 3 is 2.62 bits per heavy atom. The first-order valence-electron chi connectivity index (χ1n) is 6.24. The molecule has 2 atom stereocenters. The normalized spacial score (nSPS) is 13.7. The Kier molecular flexibility index (Phi) is 5.65. The number of halogens is 2. The summed E-state index contributed by atoms with van der Waals surface area (Å²) in [7, 11) is 0.346. The van der Waals surface area contributed by atoms with Gasteiger partial charge in [-0.1, -0.05) is 35.3 Å². The summed E-state index contributed by atoms with van der Waals surface area (Å²) in [5.74, 6) is 1.02. The third-order valence-electron chi connectivity index (χ3n) is 3.01. The van der Waals surface area contributed by atoms with Gasteiger partial charge in [-0.3, -0.25) is 4.21 Å². The van der Waals surface area contributed by atoms with Crippen LogP contribution in [0.2, 0.25) is 10.0 Å². The van der Waals surface area contributed by atoms with Crippen molar-refractivity contribution in [1.82, 2.24) is 0 Å². The summed E-state index contributed by atoms with van der Waals surface area (Å²) in [6, 6.07) is 12.0. The van der Waals surface area contributed by atoms with E-state index in [4.69, 9.17) is 33.7 Å². The first-order valence-corrected chi connectivity index (χ1v) is 8.31. The van der Waals surface area contributed by atoms with Crippen LogP contribution in [0.1, 0.15) is 11.6 Å². The van der Waals surface area contributed by atoms with Crippen LogP contribution in [-0.4, -0.2) is 17.1 Å². The Hall–Kier alpha value is -1.07. The highest BCUT2D eigenvalue weighted by atomic mass is 35.5. The number of hydrogen-bond acceptors (Lipinski definition) is 3. The van der Waals surface area contributed by atoms with Gasteiger partial charge in [-0.05, 0) is 35.9 Å². The molecule has 3 nitrogen and oxygen atoms in total. The van der Waals surface area contributed by atoms with Crippen molar-refractivity contribution in [2.75, 3.05) is 12.9 Å². The van der Waals surface area contributed by atoms with Gasteiger partial charge < -0.3 is 10.5 Å². The van der Waals surface area contributed by atoms with Gasteiger partial charge in [0, 0.05) is 16.7 Å². The highest BCUT2D eigenvalue weighted by Crippen LogP contribution is 2.25. The Morgan fingerprint density at radius 2 is 1.95 bits per heavy atom. The van der Waals surface area contributed by atoms with Crippen molar-refractivity contribution in [2.45, 2.75) is 10.9 Å². The fourth-order valence-electron chi connectivity index (χ4n) is 1.85. The molecule has 21 heavy (non-hydrogen) atoms. The van der Waals surface area contributed by atoms with E-state index in [-0.39, 0.29) is 6.04 Å². The molecule has 0 aliphatic rings. The Bertz CT molecular complexity index is 664. The van der Waals surface area contributed by atoms with Gasteiger partial charge in [0.1, 0.15) is 5.75 Å². The molecule has 0 heterocycles. The third kappa shape index (κ3) is 4.20. The lowest BCUT2D eigenvalue weighted by Gasteiger charge is -2.13. The number of benzene rings is 2. The Balaban J connectivity index is 2.12. The van der Waals surface area contributed by atoms with Crippen LogP contribution in [0, 0.1) is 0 Å². The number of methoxy groups -OCH3 is 1. The van der Waals surface area contributed by atoms with E-state index in [2.05, 4.69) is 0 Å². The number of ether oxygens (including phenoxy) is 1. The zero-order valence-electron chi connectivity index (χ0n) is 11.4. The lowest BCUT2D eigenvalue weighted by atomic mass is 10.1. The molecule has 2 rings (SSSR count). The predicted octanol–water partition coefficient (Wildman–Crippen LogP) is 3.81. The molecule has 2 aromatic rings. The van der Waals surface area contributed by atoms with Crippen molar-refractivity contribution in [1.29, 1.82) is 0 Å². The van der Waals surface area contributed by atoms with Gasteiger partial charge in [-0.2, -0.15) is 0 Å². The molecule has 0 fully saturated rings. The van der Waals surface area contributed by atoms with Crippen LogP contribution in [0.25, 0.3) is 0 Å². The van der Waals surface area contributed by atoms with Gasteiger partial charge in [0.05, 0.1) is 28.0 Å². The number of rotatable bonds is 5. The van der Waals surface area contributed by atoms with Crippen LogP contribution < -0.4 is 10.5 Å². The molecule has 0 spiro atoms. The molecule has 0 radical (unpaired) electrons. The van der Waals surface area contributed by atoms with Gasteiger partial charge in [-0.15, -0.1) is 0 Å². The fourth-order valence-corrected chi connectivity index (χ4v) is 3.39. The topological polar surface area (TPSA) is 52.3 Å². The molecule has 0 aliphatic heterocycles. The lowest BCUT2D eigenvalue weighted by molar-refractivity contribution is 0.414. The highest BCUT2D eigenvalue weighted by Gasteiger charge is 2.14. The van der Waals surface area contributed by atoms with Crippen molar-refractivity contribution >= 4 is 34.0 Å². The second-order valence-electron chi connectivity index (χ2n) is 4.47. The minimum absolute atomic E-state index is 0.297. The summed E-state index contributed by atoms with van der Waals surface area (Å²) >= 11 is 11.8. The van der Waals surface area contributed by atoms with Crippen molar-refractivity contribution in [2.24, 2.45) is 5.73 Å². The molecule has 0 saturated heterocycles. The fraction of sp³-hybridized carbons (Fsp3) is 0.200. The minimum Gasteiger partial charge on any atom is -0.497 e. The lowest BCUT2D eigenvalue weighted by Crippen LogP contribution is -2.18. The van der Waals surface area contributed by atoms with E-state index in [1.54, 1.807) is 25.3 Å². The molecule has 6 heteroatoms. The van der Waals surface area contributed by atoms with E-state index in [1.807, 2.05) is 24.3 Å². The van der Waals surface area contributed by atoms with Gasteiger partial charge >= 0.3 is 0 Å². The van der Waals surface area contributed by atoms with Crippen molar-refractivity contribution in [3.8, 4) is 5.75 Å². The molecular formula is C15H15Cl2NO2S. The van der Waals surface area contributed by atoms with Crippen LogP contribution in [0.15, 0.2) is 47.4 Å². The van der Waals surface area contributed by atoms with Crippen LogP contribution >= 0.6 is 23.2 Å². The van der Waals surface area contributed by atoms with Crippen molar-refractivity contribution < 1.29 is 8.95 Å². The van der Waals surface area contributed by atoms with Gasteiger partial charge in [0.2, 0.25) is 0 Å². The summed E-state index contributed by atoms with van der Waals surface area (Å²) < 4.78 is 17.5. The van der Waals surface area contributed by atoms with Gasteiger partial charge in [0.15, 0.2) is 0 Å². The molecule has 2 N–H and O–H groups in total. The first-order chi connectivity index (χ1) is 10.0. The average molecular weight is 344 g/mol. The number of nitrogens with two attached hydrogens (primary N) is 1. The molecular weight excluding hydrogens is 329 g/mol. The SMILES string of the molecule is COc1cccc(C(N)CS(=O)c2ccc(Cl)c(Cl)c2)c1. The van der Waals surface area contributed by atoms with E-state index in [1.165, 1.54) is 0 Å². The van der Waals surface area contributed by atoms with E-state index >= 15 is 0 Å². The van der Waals surface area contributed by atoms with Crippen molar-refractivity contribution in [3.63, 3.8) is 0 Å². The molecule has 0 bridgehead atoms. The standard InChI is InChI=1S/C15H15Cl2NO2S/c1-20-11-4-2-3-10(7-11)15(18)9-21(19)12-5-6-13(16)14(17)8-12/h2-8,15H,9,18H2,1H3. The van der Waals surface area contributed by atoms with Crippen LogP contribution in [-0.2, 0) is 10.8 Å². The smallest absolute Gasteiger partial charge is 0.119 e. The van der Waals surface area contributed by atoms with Gasteiger partial charge in [0.25, 0.3) is 0 Å². The first kappa shape index (κ1) is 16.3. The maximum atomic E-state index is 12.3. The second-order valence-corrected chi connectivity index (χ2v) is 6.78. The summed E-state index contributed by atoms with van der Waals surface area (Å²) in [4.78, 5) is 0.614. The summed E-state index contributed by atoms with van der Waals surface area (Å²) in [6.45, 7) is 0. The predicted molar refractivity (Wildman–Crippen MR) is 87.7 cm³/mol. The molecule has 2 aromatic carbocycles. The third-order valence-corrected chi connectivity index (χ3v) is 5.19. The quantitative estimate of drug-likeness (QED) is 0.897. The highest BCUT2D eigenvalue weighted by molar-refractivity contribution is 7.85. The largest absolute Gasteiger partial charge is 0.497 e. The maximum absolute atomic E-state index is 12.3. The zero-order valence-corrected chi connectivity index (χ0v) is 13.7. The Morgan fingerprint density at radius 1 is 1.19 bits per heavy atom. The van der Waals surface area contributed by atoms with E-state index in [0.29, 0.717) is 20.7 Å². The Labute approximate surface area is 136 Å². The van der Waals surface area contributed by atoms with E-state index in [0.717, 1.165) is 11.3 Å². The number of hydrogen-bond donors (Lipinski definition) is 1. The summed E-state index contributed by atoms with van der Waals surface area (Å²) in [5, 5.41) is 0.826. The maximum Gasteiger partial charge on any atom is 0.119 e. The minimum atomic E-state index is -1.25. The van der Waals surface area contributed by atoms with Gasteiger partial charge in [-0.25, -0.2) is 0 Å². The molecule has 0 aromatic heterocycles. The molecule has 0 saturated carbocycles. The van der Waals surface area contributed by atoms with Crippen LogP contribution in [0.5, 0.6) is 5.75 Å². The average Bonchev–Trinajstić information content (AvgIpc) is 2.49. The monoisotopic (exact) mass is 343 g/mol. The second kappa shape index (κ2) is 7.27. The molecule has 0 amide bonds. The van der Waals surface area contributed by atoms with Crippen molar-refractivity contribution in [3.05, 3.63) is 58.1 Å². The van der Waals surface area contributed by atoms with Crippen LogP contribution in [0.4, 0.5) is 0 Å². The molecule has 112 valence electrons. The zero-order chi connectivity index (χ0) is 15.4. The summed E-state index contributed by atoms with van der Waals surface area (Å²) in [6.07, 6.45) is 0. The van der Waals surface area contributed by atoms with Crippen LogP contribution in [0.3, 0.4) is 0 Å². The van der Waals surface area contributed by atoms with E-state index < -0.39 is 10.8 Å². The molecule has 2 unspecified atom stereocenters.